The van der Waals surface area contributed by atoms with Gasteiger partial charge in [0.25, 0.3) is 0 Å². The van der Waals surface area contributed by atoms with E-state index in [0.717, 1.165) is 26.7 Å². The van der Waals surface area contributed by atoms with Gasteiger partial charge in [-0.1, -0.05) is 6.07 Å². The molecule has 0 N–H and O–H groups in total. The van der Waals surface area contributed by atoms with Crippen LogP contribution in [0.15, 0.2) is 48.4 Å². The van der Waals surface area contributed by atoms with Gasteiger partial charge in [0.2, 0.25) is 10.0 Å². The van der Waals surface area contributed by atoms with Gasteiger partial charge < -0.3 is 0 Å². The quantitative estimate of drug-likeness (QED) is 0.567. The highest BCUT2D eigenvalue weighted by atomic mass is 32.2. The lowest BCUT2D eigenvalue weighted by molar-refractivity contribution is 0.595. The number of hydrogen-bond acceptors (Lipinski definition) is 5. The van der Waals surface area contributed by atoms with Crippen LogP contribution in [0.5, 0.6) is 0 Å². The molecule has 4 rings (SSSR count). The van der Waals surface area contributed by atoms with Gasteiger partial charge in [-0.05, 0) is 23.6 Å². The van der Waals surface area contributed by atoms with Crippen LogP contribution in [0.3, 0.4) is 0 Å². The maximum absolute atomic E-state index is 12.1. The third-order valence-corrected chi connectivity index (χ3v) is 5.49. The lowest BCUT2D eigenvalue weighted by Crippen LogP contribution is -2.08. The molecule has 7 heteroatoms. The van der Waals surface area contributed by atoms with E-state index in [1.807, 2.05) is 23.6 Å². The Kier molecular flexibility index (Phi) is 2.82. The van der Waals surface area contributed by atoms with Crippen LogP contribution >= 0.6 is 11.3 Å². The first-order valence-corrected chi connectivity index (χ1v) is 9.27. The van der Waals surface area contributed by atoms with Gasteiger partial charge in [-0.25, -0.2) is 22.4 Å². The monoisotopic (exact) mass is 329 g/mol. The van der Waals surface area contributed by atoms with Crippen molar-refractivity contribution in [2.24, 2.45) is 0 Å². The Labute approximate surface area is 130 Å². The standard InChI is InChI=1S/C15H11N3O2S2/c1-22(19,20)18-5-4-10-12-8-16-9-17-13(12)7-11(15(10)18)14-3-2-6-21-14/h2-9H,1H3. The van der Waals surface area contributed by atoms with Gasteiger partial charge in [0, 0.05) is 33.6 Å². The molecule has 0 bridgehead atoms. The molecule has 0 unspecified atom stereocenters. The number of benzene rings is 1. The molecule has 3 aromatic heterocycles. The predicted octanol–water partition coefficient (Wildman–Crippen LogP) is 3.12. The van der Waals surface area contributed by atoms with Crippen molar-refractivity contribution in [3.63, 3.8) is 0 Å². The SMILES string of the molecule is CS(=O)(=O)n1ccc2c3cncnc3cc(-c3cccs3)c21. The number of thiophene rings is 1. The molecule has 0 aliphatic heterocycles. The maximum Gasteiger partial charge on any atom is 0.236 e. The molecule has 0 saturated carbocycles. The molecular weight excluding hydrogens is 318 g/mol. The van der Waals surface area contributed by atoms with Gasteiger partial charge in [-0.15, -0.1) is 11.3 Å². The fraction of sp³-hybridized carbons (Fsp3) is 0.0667. The molecule has 5 nitrogen and oxygen atoms in total. The summed E-state index contributed by atoms with van der Waals surface area (Å²) in [5.41, 5.74) is 2.34. The Morgan fingerprint density at radius 3 is 2.82 bits per heavy atom. The van der Waals surface area contributed by atoms with Crippen LogP contribution in [0.25, 0.3) is 32.2 Å². The van der Waals surface area contributed by atoms with E-state index in [-0.39, 0.29) is 0 Å². The van der Waals surface area contributed by atoms with Crippen LogP contribution in [-0.4, -0.2) is 28.6 Å². The van der Waals surface area contributed by atoms with E-state index >= 15 is 0 Å². The fourth-order valence-electron chi connectivity index (χ4n) is 2.66. The van der Waals surface area contributed by atoms with Crippen molar-refractivity contribution in [1.29, 1.82) is 0 Å². The first-order chi connectivity index (χ1) is 10.6. The molecule has 110 valence electrons. The first kappa shape index (κ1) is 13.4. The van der Waals surface area contributed by atoms with Crippen LogP contribution < -0.4 is 0 Å². The van der Waals surface area contributed by atoms with Crippen molar-refractivity contribution in [3.8, 4) is 10.4 Å². The number of nitrogens with zero attached hydrogens (tertiary/aromatic N) is 3. The second kappa shape index (κ2) is 4.62. The minimum absolute atomic E-state index is 0.673. The van der Waals surface area contributed by atoms with Gasteiger partial charge in [-0.2, -0.15) is 0 Å². The topological polar surface area (TPSA) is 64.8 Å². The Hall–Kier alpha value is -2.25. The average molecular weight is 329 g/mol. The number of hydrogen-bond donors (Lipinski definition) is 0. The number of fused-ring (bicyclic) bond motifs is 3. The lowest BCUT2D eigenvalue weighted by Gasteiger charge is -2.09. The molecule has 0 radical (unpaired) electrons. The van der Waals surface area contributed by atoms with Crippen molar-refractivity contribution >= 4 is 43.2 Å². The van der Waals surface area contributed by atoms with Gasteiger partial charge in [-0.3, -0.25) is 0 Å². The Balaban J connectivity index is 2.26. The van der Waals surface area contributed by atoms with Gasteiger partial charge in [0.15, 0.2) is 0 Å². The van der Waals surface area contributed by atoms with Crippen LogP contribution in [-0.2, 0) is 10.0 Å². The molecule has 0 atom stereocenters. The van der Waals surface area contributed by atoms with Crippen molar-refractivity contribution in [3.05, 3.63) is 48.4 Å². The van der Waals surface area contributed by atoms with Gasteiger partial charge >= 0.3 is 0 Å². The Morgan fingerprint density at radius 1 is 1.23 bits per heavy atom. The highest BCUT2D eigenvalue weighted by Gasteiger charge is 2.18. The molecule has 0 aliphatic rings. The normalized spacial score (nSPS) is 12.2. The summed E-state index contributed by atoms with van der Waals surface area (Å²) in [4.78, 5) is 9.38. The van der Waals surface area contributed by atoms with E-state index in [4.69, 9.17) is 0 Å². The predicted molar refractivity (Wildman–Crippen MR) is 88.6 cm³/mol. The molecule has 3 heterocycles. The van der Waals surface area contributed by atoms with Crippen LogP contribution in [0, 0.1) is 0 Å². The second-order valence-corrected chi connectivity index (χ2v) is 7.80. The van der Waals surface area contributed by atoms with E-state index in [1.165, 1.54) is 16.6 Å². The summed E-state index contributed by atoms with van der Waals surface area (Å²) < 4.78 is 25.5. The van der Waals surface area contributed by atoms with Crippen molar-refractivity contribution in [2.75, 3.05) is 6.26 Å². The van der Waals surface area contributed by atoms with Gasteiger partial charge in [0.05, 0.1) is 17.3 Å². The second-order valence-electron chi connectivity index (χ2n) is 4.99. The maximum atomic E-state index is 12.1. The summed E-state index contributed by atoms with van der Waals surface area (Å²) in [6, 6.07) is 7.65. The zero-order chi connectivity index (χ0) is 15.3. The minimum atomic E-state index is -3.39. The Bertz CT molecular complexity index is 1100. The summed E-state index contributed by atoms with van der Waals surface area (Å²) in [7, 11) is -3.39. The third kappa shape index (κ3) is 1.93. The molecule has 0 aliphatic carbocycles. The summed E-state index contributed by atoms with van der Waals surface area (Å²) >= 11 is 1.57. The van der Waals surface area contributed by atoms with E-state index < -0.39 is 10.0 Å². The van der Waals surface area contributed by atoms with Crippen LogP contribution in [0.4, 0.5) is 0 Å². The average Bonchev–Trinajstić information content (AvgIpc) is 3.15. The summed E-state index contributed by atoms with van der Waals surface area (Å²) in [5.74, 6) is 0. The summed E-state index contributed by atoms with van der Waals surface area (Å²) in [5, 5.41) is 3.66. The third-order valence-electron chi connectivity index (χ3n) is 3.57. The highest BCUT2D eigenvalue weighted by Crippen LogP contribution is 2.37. The van der Waals surface area contributed by atoms with E-state index in [1.54, 1.807) is 29.8 Å². The molecule has 22 heavy (non-hydrogen) atoms. The summed E-state index contributed by atoms with van der Waals surface area (Å²) in [6.45, 7) is 0. The Morgan fingerprint density at radius 2 is 2.09 bits per heavy atom. The largest absolute Gasteiger partial charge is 0.245 e. The van der Waals surface area contributed by atoms with Gasteiger partial charge in [0.1, 0.15) is 6.33 Å². The molecule has 4 aromatic rings. The molecular formula is C15H11N3O2S2. The smallest absolute Gasteiger partial charge is 0.236 e. The zero-order valence-corrected chi connectivity index (χ0v) is 13.2. The van der Waals surface area contributed by atoms with E-state index in [0.29, 0.717) is 5.52 Å². The molecule has 1 aromatic carbocycles. The number of aromatic nitrogens is 3. The minimum Gasteiger partial charge on any atom is -0.245 e. The summed E-state index contributed by atoms with van der Waals surface area (Å²) in [6.07, 6.45) is 6.01. The van der Waals surface area contributed by atoms with E-state index in [9.17, 15) is 8.42 Å². The fourth-order valence-corrected chi connectivity index (χ4v) is 4.21. The molecule has 0 spiro atoms. The number of rotatable bonds is 2. The zero-order valence-electron chi connectivity index (χ0n) is 11.6. The van der Waals surface area contributed by atoms with Crippen molar-refractivity contribution < 1.29 is 8.42 Å². The molecule has 0 fully saturated rings. The van der Waals surface area contributed by atoms with Crippen molar-refractivity contribution in [2.45, 2.75) is 0 Å². The van der Waals surface area contributed by atoms with E-state index in [2.05, 4.69) is 9.97 Å². The van der Waals surface area contributed by atoms with Crippen molar-refractivity contribution in [1.82, 2.24) is 13.9 Å². The molecule has 0 amide bonds. The van der Waals surface area contributed by atoms with Crippen LogP contribution in [0.2, 0.25) is 0 Å². The molecule has 0 saturated heterocycles. The highest BCUT2D eigenvalue weighted by molar-refractivity contribution is 7.89. The first-order valence-electron chi connectivity index (χ1n) is 6.54. The lowest BCUT2D eigenvalue weighted by atomic mass is 10.1. The van der Waals surface area contributed by atoms with Crippen LogP contribution in [0.1, 0.15) is 0 Å².